The minimum absolute atomic E-state index is 0.322. The molecule has 1 saturated heterocycles. The summed E-state index contributed by atoms with van der Waals surface area (Å²) in [6, 6.07) is 12.1. The summed E-state index contributed by atoms with van der Waals surface area (Å²) in [6.07, 6.45) is 0. The maximum absolute atomic E-state index is 14.2. The van der Waals surface area contributed by atoms with Crippen molar-refractivity contribution in [3.63, 3.8) is 0 Å². The van der Waals surface area contributed by atoms with Crippen LogP contribution in [0.2, 0.25) is 5.02 Å². The lowest BCUT2D eigenvalue weighted by molar-refractivity contribution is 0.586. The van der Waals surface area contributed by atoms with E-state index in [0.717, 1.165) is 42.9 Å². The van der Waals surface area contributed by atoms with E-state index in [0.29, 0.717) is 16.4 Å². The summed E-state index contributed by atoms with van der Waals surface area (Å²) in [5.41, 5.74) is 1.17. The van der Waals surface area contributed by atoms with Gasteiger partial charge in [0.15, 0.2) is 5.82 Å². The second-order valence-electron chi connectivity index (χ2n) is 5.75. The number of rotatable bonds is 2. The van der Waals surface area contributed by atoms with Crippen LogP contribution in [0, 0.1) is 5.82 Å². The molecule has 1 fully saturated rings. The molecule has 0 aliphatic carbocycles. The van der Waals surface area contributed by atoms with Crippen molar-refractivity contribution in [1.29, 1.82) is 0 Å². The predicted molar refractivity (Wildman–Crippen MR) is 95.0 cm³/mol. The molecule has 0 spiro atoms. The predicted octanol–water partition coefficient (Wildman–Crippen LogP) is 3.50. The van der Waals surface area contributed by atoms with Crippen molar-refractivity contribution in [2.24, 2.45) is 0 Å². The number of aromatic nitrogens is 2. The van der Waals surface area contributed by atoms with Crippen LogP contribution in [0.25, 0.3) is 22.3 Å². The lowest BCUT2D eigenvalue weighted by Gasteiger charge is -2.29. The molecule has 0 unspecified atom stereocenters. The molecule has 4 nitrogen and oxygen atoms in total. The monoisotopic (exact) mass is 342 g/mol. The molecule has 2 heterocycles. The van der Waals surface area contributed by atoms with E-state index < -0.39 is 0 Å². The van der Waals surface area contributed by atoms with Gasteiger partial charge in [0, 0.05) is 36.6 Å². The smallest absolute Gasteiger partial charge is 0.165 e. The highest BCUT2D eigenvalue weighted by atomic mass is 35.5. The molecule has 1 aliphatic heterocycles. The van der Waals surface area contributed by atoms with E-state index in [1.54, 1.807) is 24.3 Å². The molecule has 1 N–H and O–H groups in total. The van der Waals surface area contributed by atoms with Crippen LogP contribution in [0.3, 0.4) is 0 Å². The van der Waals surface area contributed by atoms with E-state index >= 15 is 0 Å². The summed E-state index contributed by atoms with van der Waals surface area (Å²) in [5, 5.41) is 4.86. The van der Waals surface area contributed by atoms with Crippen LogP contribution in [0.5, 0.6) is 0 Å². The second kappa shape index (κ2) is 6.34. The minimum atomic E-state index is -0.322. The van der Waals surface area contributed by atoms with Crippen molar-refractivity contribution in [3.8, 4) is 11.4 Å². The van der Waals surface area contributed by atoms with Crippen molar-refractivity contribution >= 4 is 28.3 Å². The van der Waals surface area contributed by atoms with E-state index in [2.05, 4.69) is 20.2 Å². The molecule has 3 aromatic rings. The number of halogens is 2. The van der Waals surface area contributed by atoms with E-state index in [1.165, 1.54) is 6.07 Å². The topological polar surface area (TPSA) is 41.1 Å². The summed E-state index contributed by atoms with van der Waals surface area (Å²) in [7, 11) is 0. The molecular formula is C18H16ClFN4. The third-order valence-corrected chi connectivity index (χ3v) is 4.40. The van der Waals surface area contributed by atoms with Gasteiger partial charge in [-0.05, 0) is 30.3 Å². The molecule has 1 aliphatic rings. The van der Waals surface area contributed by atoms with Crippen LogP contribution in [0.15, 0.2) is 42.5 Å². The zero-order valence-corrected chi connectivity index (χ0v) is 13.7. The SMILES string of the molecule is Fc1ccccc1-c1nc(N2CCNCC2)c2cc(Cl)ccc2n1. The van der Waals surface area contributed by atoms with Gasteiger partial charge in [-0.25, -0.2) is 14.4 Å². The zero-order valence-electron chi connectivity index (χ0n) is 13.0. The number of benzene rings is 2. The quantitative estimate of drug-likeness (QED) is 0.774. The van der Waals surface area contributed by atoms with Crippen LogP contribution in [0.1, 0.15) is 0 Å². The van der Waals surface area contributed by atoms with Gasteiger partial charge in [0.25, 0.3) is 0 Å². The Kier molecular flexibility index (Phi) is 4.04. The number of nitrogens with one attached hydrogen (secondary N) is 1. The van der Waals surface area contributed by atoms with E-state index in [9.17, 15) is 4.39 Å². The van der Waals surface area contributed by atoms with Gasteiger partial charge < -0.3 is 10.2 Å². The molecule has 0 atom stereocenters. The van der Waals surface area contributed by atoms with Gasteiger partial charge in [-0.2, -0.15) is 0 Å². The van der Waals surface area contributed by atoms with Crippen molar-refractivity contribution in [3.05, 3.63) is 53.3 Å². The zero-order chi connectivity index (χ0) is 16.5. The third-order valence-electron chi connectivity index (χ3n) is 4.17. The van der Waals surface area contributed by atoms with E-state index in [1.807, 2.05) is 12.1 Å². The molecule has 24 heavy (non-hydrogen) atoms. The lowest BCUT2D eigenvalue weighted by atomic mass is 10.1. The molecule has 1 aromatic heterocycles. The number of fused-ring (bicyclic) bond motifs is 1. The first-order valence-electron chi connectivity index (χ1n) is 7.90. The van der Waals surface area contributed by atoms with Gasteiger partial charge in [-0.1, -0.05) is 23.7 Å². The first kappa shape index (κ1) is 15.3. The van der Waals surface area contributed by atoms with Crippen molar-refractivity contribution in [1.82, 2.24) is 15.3 Å². The minimum Gasteiger partial charge on any atom is -0.353 e. The maximum atomic E-state index is 14.2. The first-order chi connectivity index (χ1) is 11.7. The fourth-order valence-electron chi connectivity index (χ4n) is 2.97. The van der Waals surface area contributed by atoms with Crippen molar-refractivity contribution in [2.75, 3.05) is 31.1 Å². The fraction of sp³-hybridized carbons (Fsp3) is 0.222. The Labute approximate surface area is 144 Å². The molecule has 2 aromatic carbocycles. The summed E-state index contributed by atoms with van der Waals surface area (Å²) < 4.78 is 14.2. The van der Waals surface area contributed by atoms with E-state index in [-0.39, 0.29) is 5.82 Å². The highest BCUT2D eigenvalue weighted by Crippen LogP contribution is 2.30. The van der Waals surface area contributed by atoms with E-state index in [4.69, 9.17) is 11.6 Å². The molecule has 0 saturated carbocycles. The maximum Gasteiger partial charge on any atom is 0.165 e. The van der Waals surface area contributed by atoms with Gasteiger partial charge in [-0.3, -0.25) is 0 Å². The molecule has 0 amide bonds. The summed E-state index contributed by atoms with van der Waals surface area (Å²) in [4.78, 5) is 11.4. The average Bonchev–Trinajstić information content (AvgIpc) is 2.62. The molecule has 0 radical (unpaired) electrons. The Hall–Kier alpha value is -2.24. The standard InChI is InChI=1S/C18H16ClFN4/c19-12-5-6-16-14(11-12)18(24-9-7-21-8-10-24)23-17(22-16)13-3-1-2-4-15(13)20/h1-6,11,21H,7-10H2. The van der Waals surface area contributed by atoms with Crippen LogP contribution in [-0.2, 0) is 0 Å². The Morgan fingerprint density at radius 1 is 1.04 bits per heavy atom. The second-order valence-corrected chi connectivity index (χ2v) is 6.19. The number of anilines is 1. The number of nitrogens with zero attached hydrogens (tertiary/aromatic N) is 3. The van der Waals surface area contributed by atoms with Crippen molar-refractivity contribution in [2.45, 2.75) is 0 Å². The summed E-state index contributed by atoms with van der Waals surface area (Å²) >= 11 is 6.17. The van der Waals surface area contributed by atoms with Gasteiger partial charge in [0.1, 0.15) is 11.6 Å². The van der Waals surface area contributed by atoms with Gasteiger partial charge in [0.2, 0.25) is 0 Å². The van der Waals surface area contributed by atoms with Crippen LogP contribution in [0.4, 0.5) is 10.2 Å². The van der Waals surface area contributed by atoms with Crippen LogP contribution < -0.4 is 10.2 Å². The fourth-order valence-corrected chi connectivity index (χ4v) is 3.14. The molecule has 0 bridgehead atoms. The molecule has 6 heteroatoms. The Bertz CT molecular complexity index is 893. The molecule has 122 valence electrons. The first-order valence-corrected chi connectivity index (χ1v) is 8.28. The molecule has 4 rings (SSSR count). The van der Waals surface area contributed by atoms with Gasteiger partial charge in [-0.15, -0.1) is 0 Å². The summed E-state index contributed by atoms with van der Waals surface area (Å²) in [5.74, 6) is 0.885. The van der Waals surface area contributed by atoms with Crippen LogP contribution >= 0.6 is 11.6 Å². The third kappa shape index (κ3) is 2.81. The van der Waals surface area contributed by atoms with Gasteiger partial charge in [0.05, 0.1) is 11.1 Å². The van der Waals surface area contributed by atoms with Crippen LogP contribution in [-0.4, -0.2) is 36.1 Å². The Morgan fingerprint density at radius 2 is 1.83 bits per heavy atom. The van der Waals surface area contributed by atoms with Crippen molar-refractivity contribution < 1.29 is 4.39 Å². The number of hydrogen-bond acceptors (Lipinski definition) is 4. The lowest BCUT2D eigenvalue weighted by Crippen LogP contribution is -2.44. The normalized spacial score (nSPS) is 15.0. The van der Waals surface area contributed by atoms with Gasteiger partial charge >= 0.3 is 0 Å². The Morgan fingerprint density at radius 3 is 2.62 bits per heavy atom. The highest BCUT2D eigenvalue weighted by molar-refractivity contribution is 6.31. The Balaban J connectivity index is 1.93. The molecular weight excluding hydrogens is 327 g/mol. The number of piperazine rings is 1. The highest BCUT2D eigenvalue weighted by Gasteiger charge is 2.18. The number of hydrogen-bond donors (Lipinski definition) is 1. The average molecular weight is 343 g/mol. The summed E-state index contributed by atoms with van der Waals surface area (Å²) in [6.45, 7) is 3.47. The largest absolute Gasteiger partial charge is 0.353 e.